The normalized spacial score (nSPS) is 14.9. The first kappa shape index (κ1) is 12.7. The van der Waals surface area contributed by atoms with Gasteiger partial charge in [0.1, 0.15) is 5.83 Å². The summed E-state index contributed by atoms with van der Waals surface area (Å²) in [6.45, 7) is 2.19. The zero-order valence-corrected chi connectivity index (χ0v) is 11.2. The number of fused-ring (bicyclic) bond motifs is 1. The van der Waals surface area contributed by atoms with Crippen LogP contribution in [0.2, 0.25) is 0 Å². The summed E-state index contributed by atoms with van der Waals surface area (Å²) in [5.74, 6) is 2.06. The molecule has 0 unspecified atom stereocenters. The van der Waals surface area contributed by atoms with Crippen molar-refractivity contribution in [1.29, 1.82) is 0 Å². The number of hydrogen-bond donors (Lipinski definition) is 0. The van der Waals surface area contributed by atoms with Crippen LogP contribution in [0.1, 0.15) is 37.3 Å². The van der Waals surface area contributed by atoms with Gasteiger partial charge in [-0.1, -0.05) is 37.6 Å². The fourth-order valence-corrected chi connectivity index (χ4v) is 3.30. The number of aryl methyl sites for hydroxylation is 1. The summed E-state index contributed by atoms with van der Waals surface area (Å²) in [4.78, 5) is 0. The Morgan fingerprint density at radius 3 is 2.88 bits per heavy atom. The van der Waals surface area contributed by atoms with E-state index in [0.29, 0.717) is 6.42 Å². The van der Waals surface area contributed by atoms with E-state index in [4.69, 9.17) is 0 Å². The number of rotatable bonds is 5. The molecule has 1 aromatic rings. The van der Waals surface area contributed by atoms with Crippen molar-refractivity contribution in [1.82, 2.24) is 0 Å². The average Bonchev–Trinajstić information content (AvgIpc) is 2.37. The van der Waals surface area contributed by atoms with Crippen molar-refractivity contribution in [3.63, 3.8) is 0 Å². The first-order valence-corrected chi connectivity index (χ1v) is 7.52. The molecule has 0 heterocycles. The number of hydrogen-bond acceptors (Lipinski definition) is 1. The maximum absolute atomic E-state index is 13.9. The summed E-state index contributed by atoms with van der Waals surface area (Å²) in [6.07, 6.45) is 3.87. The molecular weight excluding hydrogens is 231 g/mol. The highest BCUT2D eigenvalue weighted by Gasteiger charge is 2.18. The highest BCUT2D eigenvalue weighted by Crippen LogP contribution is 2.34. The summed E-state index contributed by atoms with van der Waals surface area (Å²) in [6, 6.07) is 8.24. The van der Waals surface area contributed by atoms with Crippen molar-refractivity contribution in [3.8, 4) is 0 Å². The first-order valence-electron chi connectivity index (χ1n) is 6.36. The summed E-state index contributed by atoms with van der Waals surface area (Å²) < 4.78 is 13.9. The third kappa shape index (κ3) is 3.12. The molecule has 17 heavy (non-hydrogen) atoms. The Kier molecular flexibility index (Phi) is 4.66. The first-order chi connectivity index (χ1) is 8.33. The standard InChI is InChI=1S/C15H19FS/c1-2-3-10-17-11-14-13-7-5-4-6-12(13)8-9-15(14)16/h4-7H,2-3,8-11H2,1H3. The van der Waals surface area contributed by atoms with E-state index in [1.807, 2.05) is 23.9 Å². The molecule has 0 radical (unpaired) electrons. The van der Waals surface area contributed by atoms with Crippen molar-refractivity contribution < 1.29 is 4.39 Å². The molecule has 0 amide bonds. The SMILES string of the molecule is CCCCSCC1=C(F)CCc2ccccc21. The second-order valence-corrected chi connectivity index (χ2v) is 5.55. The lowest BCUT2D eigenvalue weighted by Crippen LogP contribution is -2.04. The predicted octanol–water partition coefficient (Wildman–Crippen LogP) is 4.85. The maximum Gasteiger partial charge on any atom is 0.105 e. The van der Waals surface area contributed by atoms with Crippen LogP contribution in [0.3, 0.4) is 0 Å². The third-order valence-electron chi connectivity index (χ3n) is 3.17. The largest absolute Gasteiger partial charge is 0.211 e. The summed E-state index contributed by atoms with van der Waals surface area (Å²) in [7, 11) is 0. The molecule has 1 aliphatic rings. The summed E-state index contributed by atoms with van der Waals surface area (Å²) >= 11 is 1.85. The molecule has 0 atom stereocenters. The molecule has 0 aliphatic heterocycles. The molecule has 92 valence electrons. The average molecular weight is 250 g/mol. The van der Waals surface area contributed by atoms with E-state index >= 15 is 0 Å². The van der Waals surface area contributed by atoms with Gasteiger partial charge in [0.05, 0.1) is 0 Å². The molecular formula is C15H19FS. The molecule has 0 nitrogen and oxygen atoms in total. The van der Waals surface area contributed by atoms with Crippen molar-refractivity contribution >= 4 is 17.3 Å². The van der Waals surface area contributed by atoms with E-state index in [1.165, 1.54) is 18.4 Å². The topological polar surface area (TPSA) is 0 Å². The lowest BCUT2D eigenvalue weighted by molar-refractivity contribution is 0.585. The molecule has 2 heteroatoms. The summed E-state index contributed by atoms with van der Waals surface area (Å²) in [5.41, 5.74) is 3.38. The van der Waals surface area contributed by atoms with Gasteiger partial charge in [-0.25, -0.2) is 4.39 Å². The second kappa shape index (κ2) is 6.25. The van der Waals surface area contributed by atoms with Crippen LogP contribution in [0, 0.1) is 0 Å². The second-order valence-electron chi connectivity index (χ2n) is 4.45. The lowest BCUT2D eigenvalue weighted by Gasteiger charge is -2.19. The van der Waals surface area contributed by atoms with Crippen LogP contribution < -0.4 is 0 Å². The Labute approximate surface area is 107 Å². The van der Waals surface area contributed by atoms with Gasteiger partial charge >= 0.3 is 0 Å². The molecule has 2 rings (SSSR count). The minimum atomic E-state index is 0.104. The molecule has 0 aromatic heterocycles. The quantitative estimate of drug-likeness (QED) is 0.673. The lowest BCUT2D eigenvalue weighted by atomic mass is 9.91. The van der Waals surface area contributed by atoms with E-state index in [2.05, 4.69) is 19.1 Å². The van der Waals surface area contributed by atoms with Gasteiger partial charge in [-0.2, -0.15) is 11.8 Å². The van der Waals surface area contributed by atoms with Gasteiger partial charge in [0.2, 0.25) is 0 Å². The van der Waals surface area contributed by atoms with Crippen LogP contribution >= 0.6 is 11.8 Å². The molecule has 0 bridgehead atoms. The number of allylic oxidation sites excluding steroid dienone is 1. The van der Waals surface area contributed by atoms with Gasteiger partial charge in [0.15, 0.2) is 0 Å². The van der Waals surface area contributed by atoms with Gasteiger partial charge < -0.3 is 0 Å². The Morgan fingerprint density at radius 2 is 2.06 bits per heavy atom. The fraction of sp³-hybridized carbons (Fsp3) is 0.467. The number of benzene rings is 1. The molecule has 0 fully saturated rings. The van der Waals surface area contributed by atoms with Crippen molar-refractivity contribution in [3.05, 3.63) is 41.2 Å². The highest BCUT2D eigenvalue weighted by molar-refractivity contribution is 7.99. The van der Waals surface area contributed by atoms with E-state index in [-0.39, 0.29) is 5.83 Å². The Bertz CT molecular complexity index is 409. The fourth-order valence-electron chi connectivity index (χ4n) is 2.15. The van der Waals surface area contributed by atoms with Gasteiger partial charge in [-0.3, -0.25) is 0 Å². The van der Waals surface area contributed by atoms with E-state index in [9.17, 15) is 4.39 Å². The van der Waals surface area contributed by atoms with Gasteiger partial charge in [-0.15, -0.1) is 0 Å². The van der Waals surface area contributed by atoms with Crippen LogP contribution in [-0.4, -0.2) is 11.5 Å². The molecule has 1 aliphatic carbocycles. The predicted molar refractivity (Wildman–Crippen MR) is 75.0 cm³/mol. The van der Waals surface area contributed by atoms with E-state index < -0.39 is 0 Å². The number of thioether (sulfide) groups is 1. The van der Waals surface area contributed by atoms with Crippen molar-refractivity contribution in [2.45, 2.75) is 32.6 Å². The molecule has 0 saturated heterocycles. The third-order valence-corrected chi connectivity index (χ3v) is 4.24. The Hall–Kier alpha value is -0.760. The van der Waals surface area contributed by atoms with Gasteiger partial charge in [-0.05, 0) is 29.7 Å². The Balaban J connectivity index is 2.08. The number of unbranched alkanes of at least 4 members (excludes halogenated alkanes) is 1. The van der Waals surface area contributed by atoms with Crippen LogP contribution in [0.15, 0.2) is 30.1 Å². The monoisotopic (exact) mass is 250 g/mol. The smallest absolute Gasteiger partial charge is 0.105 e. The van der Waals surface area contributed by atoms with Gasteiger partial charge in [0, 0.05) is 17.7 Å². The molecule has 0 spiro atoms. The molecule has 0 N–H and O–H groups in total. The zero-order chi connectivity index (χ0) is 12.1. The van der Waals surface area contributed by atoms with Crippen LogP contribution in [0.4, 0.5) is 4.39 Å². The Morgan fingerprint density at radius 1 is 1.24 bits per heavy atom. The van der Waals surface area contributed by atoms with Crippen LogP contribution in [0.25, 0.3) is 5.57 Å². The maximum atomic E-state index is 13.9. The summed E-state index contributed by atoms with van der Waals surface area (Å²) in [5, 5.41) is 0. The van der Waals surface area contributed by atoms with Crippen LogP contribution in [-0.2, 0) is 6.42 Å². The minimum Gasteiger partial charge on any atom is -0.211 e. The van der Waals surface area contributed by atoms with Crippen molar-refractivity contribution in [2.24, 2.45) is 0 Å². The minimum absolute atomic E-state index is 0.104. The van der Waals surface area contributed by atoms with E-state index in [1.54, 1.807) is 0 Å². The molecule has 1 aromatic carbocycles. The highest BCUT2D eigenvalue weighted by atomic mass is 32.2. The molecule has 0 saturated carbocycles. The zero-order valence-electron chi connectivity index (χ0n) is 10.3. The van der Waals surface area contributed by atoms with E-state index in [0.717, 1.165) is 29.1 Å². The van der Waals surface area contributed by atoms with Crippen molar-refractivity contribution in [2.75, 3.05) is 11.5 Å². The number of halogens is 1. The van der Waals surface area contributed by atoms with Gasteiger partial charge in [0.25, 0.3) is 0 Å². The van der Waals surface area contributed by atoms with Crippen LogP contribution in [0.5, 0.6) is 0 Å².